The van der Waals surface area contributed by atoms with Gasteiger partial charge in [0.15, 0.2) is 0 Å². The van der Waals surface area contributed by atoms with Crippen LogP contribution >= 0.6 is 11.6 Å². The second kappa shape index (κ2) is 13.0. The first-order valence-electron chi connectivity index (χ1n) is 11.8. The number of carbonyl (C=O) groups excluding carboxylic acids is 1. The molecule has 0 unspecified atom stereocenters. The van der Waals surface area contributed by atoms with Crippen LogP contribution in [0.3, 0.4) is 0 Å². The molecule has 7 nitrogen and oxygen atoms in total. The van der Waals surface area contributed by atoms with Crippen molar-refractivity contribution in [3.63, 3.8) is 0 Å². The van der Waals surface area contributed by atoms with Crippen LogP contribution in [0.4, 0.5) is 21.6 Å². The molecule has 1 heterocycles. The van der Waals surface area contributed by atoms with Gasteiger partial charge in [0.05, 0.1) is 22.8 Å². The molecule has 0 aliphatic rings. The third-order valence-corrected chi connectivity index (χ3v) is 5.48. The van der Waals surface area contributed by atoms with Gasteiger partial charge in [-0.15, -0.1) is 0 Å². The second-order valence-electron chi connectivity index (χ2n) is 7.97. The Morgan fingerprint density at radius 1 is 1.14 bits per heavy atom. The van der Waals surface area contributed by atoms with Crippen LogP contribution in [0, 0.1) is 5.82 Å². The van der Waals surface area contributed by atoms with E-state index in [4.69, 9.17) is 16.3 Å². The van der Waals surface area contributed by atoms with E-state index in [1.165, 1.54) is 18.5 Å². The lowest BCUT2D eigenvalue weighted by Gasteiger charge is -2.18. The van der Waals surface area contributed by atoms with Gasteiger partial charge in [0, 0.05) is 29.8 Å². The number of aromatic nitrogens is 2. The molecule has 0 atom stereocenters. The van der Waals surface area contributed by atoms with Crippen molar-refractivity contribution in [3.8, 4) is 5.75 Å². The first-order valence-corrected chi connectivity index (χ1v) is 12.2. The Hall–Kier alpha value is -3.23. The van der Waals surface area contributed by atoms with Crippen molar-refractivity contribution in [1.82, 2.24) is 14.9 Å². The number of hydrogen-bond acceptors (Lipinski definition) is 6. The van der Waals surface area contributed by atoms with Gasteiger partial charge >= 0.3 is 0 Å². The first-order chi connectivity index (χ1) is 16.9. The van der Waals surface area contributed by atoms with Gasteiger partial charge in [0.25, 0.3) is 0 Å². The molecular formula is C26H31ClFN5O2. The van der Waals surface area contributed by atoms with Gasteiger partial charge in [-0.25, -0.2) is 14.4 Å². The Labute approximate surface area is 210 Å². The first kappa shape index (κ1) is 26.4. The van der Waals surface area contributed by atoms with Gasteiger partial charge in [-0.05, 0) is 57.1 Å². The number of anilines is 3. The van der Waals surface area contributed by atoms with E-state index in [1.54, 1.807) is 24.3 Å². The topological polar surface area (TPSA) is 79.4 Å². The van der Waals surface area contributed by atoms with Crippen LogP contribution in [0.5, 0.6) is 5.75 Å². The molecule has 3 rings (SSSR count). The molecular weight excluding hydrogens is 469 g/mol. The third kappa shape index (κ3) is 7.37. The van der Waals surface area contributed by atoms with Crippen LogP contribution in [0.1, 0.15) is 33.6 Å². The number of nitrogens with zero attached hydrogens (tertiary/aromatic N) is 3. The lowest BCUT2D eigenvalue weighted by Crippen LogP contribution is -2.25. The molecule has 186 valence electrons. The highest BCUT2D eigenvalue weighted by Crippen LogP contribution is 2.33. The number of hydrogen-bond donors (Lipinski definition) is 2. The number of benzene rings is 2. The van der Waals surface area contributed by atoms with Crippen molar-refractivity contribution in [2.45, 2.75) is 33.6 Å². The number of carbonyl (C=O) groups is 1. The standard InChI is InChI=1S/C26H31ClFN5O2/c1-4-11-33(12-5-2)13-7-8-25(34)32-23-15-19-22(16-24(23)35-6-3)29-17-30-26(19)31-18-9-10-21(28)20(27)14-18/h7-10,14-17H,4-6,11-13H2,1-3H3,(H,32,34)(H,29,30,31)/b8-7+. The van der Waals surface area contributed by atoms with E-state index in [2.05, 4.69) is 39.3 Å². The van der Waals surface area contributed by atoms with Crippen molar-refractivity contribution in [3.05, 3.63) is 59.7 Å². The Bertz CT molecular complexity index is 1180. The van der Waals surface area contributed by atoms with E-state index in [0.29, 0.717) is 47.0 Å². The van der Waals surface area contributed by atoms with E-state index in [0.717, 1.165) is 25.9 Å². The minimum Gasteiger partial charge on any atom is -0.492 e. The van der Waals surface area contributed by atoms with Gasteiger partial charge in [-0.2, -0.15) is 0 Å². The normalized spacial score (nSPS) is 11.4. The van der Waals surface area contributed by atoms with Crippen LogP contribution < -0.4 is 15.4 Å². The van der Waals surface area contributed by atoms with E-state index in [-0.39, 0.29) is 10.9 Å². The molecule has 0 aliphatic carbocycles. The van der Waals surface area contributed by atoms with E-state index < -0.39 is 5.82 Å². The second-order valence-corrected chi connectivity index (χ2v) is 8.37. The maximum Gasteiger partial charge on any atom is 0.248 e. The molecule has 1 amide bonds. The molecule has 2 N–H and O–H groups in total. The zero-order valence-corrected chi connectivity index (χ0v) is 21.0. The Balaban J connectivity index is 1.85. The Morgan fingerprint density at radius 3 is 2.60 bits per heavy atom. The molecule has 0 spiro atoms. The van der Waals surface area contributed by atoms with Crippen LogP contribution in [-0.4, -0.2) is 47.0 Å². The smallest absolute Gasteiger partial charge is 0.248 e. The summed E-state index contributed by atoms with van der Waals surface area (Å²) in [4.78, 5) is 23.6. The highest BCUT2D eigenvalue weighted by atomic mass is 35.5. The van der Waals surface area contributed by atoms with E-state index >= 15 is 0 Å². The van der Waals surface area contributed by atoms with Crippen LogP contribution in [0.15, 0.2) is 48.8 Å². The Kier molecular flexibility index (Phi) is 9.81. The number of rotatable bonds is 12. The third-order valence-electron chi connectivity index (χ3n) is 5.19. The summed E-state index contributed by atoms with van der Waals surface area (Å²) in [6.45, 7) is 9.29. The average Bonchev–Trinajstić information content (AvgIpc) is 2.82. The maximum absolute atomic E-state index is 13.5. The number of halogens is 2. The van der Waals surface area contributed by atoms with Crippen LogP contribution in [0.2, 0.25) is 5.02 Å². The number of fused-ring (bicyclic) bond motifs is 1. The molecule has 0 fully saturated rings. The summed E-state index contributed by atoms with van der Waals surface area (Å²) >= 11 is 5.91. The fraction of sp³-hybridized carbons (Fsp3) is 0.346. The molecule has 0 saturated heterocycles. The quantitative estimate of drug-likeness (QED) is 0.290. The lowest BCUT2D eigenvalue weighted by molar-refractivity contribution is -0.111. The monoisotopic (exact) mass is 499 g/mol. The van der Waals surface area contributed by atoms with Crippen molar-refractivity contribution < 1.29 is 13.9 Å². The van der Waals surface area contributed by atoms with Crippen molar-refractivity contribution in [2.24, 2.45) is 0 Å². The fourth-order valence-electron chi connectivity index (χ4n) is 3.68. The molecule has 2 aromatic carbocycles. The summed E-state index contributed by atoms with van der Waals surface area (Å²) in [5.74, 6) is 0.239. The minimum atomic E-state index is -0.503. The van der Waals surface area contributed by atoms with Gasteiger partial charge in [-0.3, -0.25) is 9.69 Å². The average molecular weight is 500 g/mol. The zero-order chi connectivity index (χ0) is 25.2. The van der Waals surface area contributed by atoms with Crippen molar-refractivity contribution in [1.29, 1.82) is 0 Å². The van der Waals surface area contributed by atoms with Crippen molar-refractivity contribution in [2.75, 3.05) is 36.9 Å². The highest BCUT2D eigenvalue weighted by Gasteiger charge is 2.13. The van der Waals surface area contributed by atoms with Gasteiger partial charge in [-0.1, -0.05) is 31.5 Å². The summed E-state index contributed by atoms with van der Waals surface area (Å²) in [7, 11) is 0. The largest absolute Gasteiger partial charge is 0.492 e. The summed E-state index contributed by atoms with van der Waals surface area (Å²) in [6.07, 6.45) is 6.97. The minimum absolute atomic E-state index is 0.00294. The molecule has 9 heteroatoms. The predicted octanol–water partition coefficient (Wildman–Crippen LogP) is 6.18. The van der Waals surface area contributed by atoms with E-state index in [9.17, 15) is 9.18 Å². The molecule has 35 heavy (non-hydrogen) atoms. The van der Waals surface area contributed by atoms with Crippen LogP contribution in [0.25, 0.3) is 10.9 Å². The SMILES string of the molecule is CCCN(C/C=C/C(=O)Nc1cc2c(Nc3ccc(F)c(Cl)c3)ncnc2cc1OCC)CCC. The lowest BCUT2D eigenvalue weighted by atomic mass is 10.1. The summed E-state index contributed by atoms with van der Waals surface area (Å²) < 4.78 is 19.3. The number of nitrogens with one attached hydrogen (secondary N) is 2. The number of amides is 1. The summed E-state index contributed by atoms with van der Waals surface area (Å²) in [5.41, 5.74) is 1.70. The summed E-state index contributed by atoms with van der Waals surface area (Å²) in [5, 5.41) is 6.71. The maximum atomic E-state index is 13.5. The Morgan fingerprint density at radius 2 is 1.91 bits per heavy atom. The molecule has 1 aromatic heterocycles. The predicted molar refractivity (Wildman–Crippen MR) is 140 cm³/mol. The molecule has 0 saturated carbocycles. The van der Waals surface area contributed by atoms with Gasteiger partial charge < -0.3 is 15.4 Å². The highest BCUT2D eigenvalue weighted by molar-refractivity contribution is 6.31. The molecule has 0 radical (unpaired) electrons. The van der Waals surface area contributed by atoms with Crippen LogP contribution in [-0.2, 0) is 4.79 Å². The number of ether oxygens (including phenoxy) is 1. The van der Waals surface area contributed by atoms with E-state index in [1.807, 2.05) is 13.0 Å². The van der Waals surface area contributed by atoms with Gasteiger partial charge in [0.2, 0.25) is 5.91 Å². The zero-order valence-electron chi connectivity index (χ0n) is 20.3. The van der Waals surface area contributed by atoms with Gasteiger partial charge in [0.1, 0.15) is 23.7 Å². The fourth-order valence-corrected chi connectivity index (χ4v) is 3.86. The molecule has 0 bridgehead atoms. The van der Waals surface area contributed by atoms with Crippen molar-refractivity contribution >= 4 is 45.6 Å². The summed E-state index contributed by atoms with van der Waals surface area (Å²) in [6, 6.07) is 7.85. The molecule has 0 aliphatic heterocycles. The molecule has 3 aromatic rings.